The molecule has 3 fully saturated rings. The fourth-order valence-electron chi connectivity index (χ4n) is 7.73. The maximum atomic E-state index is 12.6. The summed E-state index contributed by atoms with van der Waals surface area (Å²) in [6.45, 7) is 6.10. The Bertz CT molecular complexity index is 1560. The molecule has 3 aromatic carbocycles. The van der Waals surface area contributed by atoms with E-state index in [-0.39, 0.29) is 30.6 Å². The van der Waals surface area contributed by atoms with Gasteiger partial charge < -0.3 is 35.8 Å². The van der Waals surface area contributed by atoms with Gasteiger partial charge in [-0.3, -0.25) is 14.5 Å². The first-order chi connectivity index (χ1) is 25.4. The molecular formula is C42H57N5O5. The fraction of sp³-hybridized carbons (Fsp3) is 0.524. The Hall–Kier alpha value is -3.80. The molecule has 0 saturated carbocycles. The maximum absolute atomic E-state index is 12.6. The molecule has 10 heteroatoms. The number of aliphatic hydroxyl groups excluding tert-OH is 1. The number of benzene rings is 3. The van der Waals surface area contributed by atoms with Gasteiger partial charge in [0.1, 0.15) is 0 Å². The Morgan fingerprint density at radius 3 is 2.19 bits per heavy atom. The lowest BCUT2D eigenvalue weighted by Gasteiger charge is -2.39. The number of nitrogen functional groups attached to an aromatic ring is 1. The van der Waals surface area contributed by atoms with Crippen molar-refractivity contribution in [3.63, 3.8) is 0 Å². The monoisotopic (exact) mass is 711 g/mol. The first-order valence-electron chi connectivity index (χ1n) is 19.4. The zero-order valence-corrected chi connectivity index (χ0v) is 30.5. The van der Waals surface area contributed by atoms with Crippen molar-refractivity contribution in [1.82, 2.24) is 15.1 Å². The van der Waals surface area contributed by atoms with Gasteiger partial charge in [0.05, 0.1) is 30.2 Å². The molecule has 6 rings (SSSR count). The highest BCUT2D eigenvalue weighted by atomic mass is 16.7. The van der Waals surface area contributed by atoms with Gasteiger partial charge in [-0.2, -0.15) is 0 Å². The highest BCUT2D eigenvalue weighted by Crippen LogP contribution is 2.39. The predicted octanol–water partition coefficient (Wildman–Crippen LogP) is 6.46. The summed E-state index contributed by atoms with van der Waals surface area (Å²) in [6, 6.07) is 24.1. The number of amides is 2. The summed E-state index contributed by atoms with van der Waals surface area (Å²) < 4.78 is 13.3. The van der Waals surface area contributed by atoms with Crippen LogP contribution in [0.1, 0.15) is 105 Å². The number of anilines is 2. The smallest absolute Gasteiger partial charge is 0.224 e. The highest BCUT2D eigenvalue weighted by Gasteiger charge is 2.36. The van der Waals surface area contributed by atoms with Gasteiger partial charge in [0.25, 0.3) is 0 Å². The lowest BCUT2D eigenvalue weighted by molar-refractivity contribution is -0.253. The van der Waals surface area contributed by atoms with Crippen LogP contribution in [0.2, 0.25) is 0 Å². The number of carbonyl (C=O) groups is 2. The van der Waals surface area contributed by atoms with Crippen molar-refractivity contribution in [2.75, 3.05) is 43.8 Å². The van der Waals surface area contributed by atoms with Crippen LogP contribution >= 0.6 is 0 Å². The van der Waals surface area contributed by atoms with Crippen LogP contribution in [0.3, 0.4) is 0 Å². The van der Waals surface area contributed by atoms with Crippen molar-refractivity contribution in [3.8, 4) is 0 Å². The number of nitrogens with two attached hydrogens (primary N) is 1. The molecule has 280 valence electrons. The lowest BCUT2D eigenvalue weighted by Crippen LogP contribution is -2.45. The first-order valence-corrected chi connectivity index (χ1v) is 19.4. The summed E-state index contributed by atoms with van der Waals surface area (Å²) in [7, 11) is 0. The van der Waals surface area contributed by atoms with E-state index < -0.39 is 6.29 Å². The minimum Gasteiger partial charge on any atom is -0.397 e. The molecule has 5 N–H and O–H groups in total. The Labute approximate surface area is 309 Å². The SMILES string of the molecule is Nc1ccccc1NC(=O)CCCCCCC(=O)NCc1ccc([C@H]2O[C@@H](CN3CCC[C@H]3CN3CCCC3)C[C@@H](c3ccc(CO)cc3)O2)cc1. The molecule has 52 heavy (non-hydrogen) atoms. The topological polar surface area (TPSA) is 129 Å². The molecule has 0 unspecified atom stereocenters. The number of likely N-dealkylation sites (tertiary alicyclic amines) is 2. The zero-order chi connectivity index (χ0) is 36.1. The van der Waals surface area contributed by atoms with Gasteiger partial charge in [-0.25, -0.2) is 0 Å². The molecule has 3 aliphatic heterocycles. The second-order valence-corrected chi connectivity index (χ2v) is 14.7. The van der Waals surface area contributed by atoms with Crippen LogP contribution in [-0.2, 0) is 32.2 Å². The van der Waals surface area contributed by atoms with Crippen LogP contribution in [0.4, 0.5) is 11.4 Å². The van der Waals surface area contributed by atoms with Crippen LogP contribution < -0.4 is 16.4 Å². The van der Waals surface area contributed by atoms with Gasteiger partial charge in [-0.15, -0.1) is 0 Å². The molecular weight excluding hydrogens is 654 g/mol. The summed E-state index contributed by atoms with van der Waals surface area (Å²) in [6.07, 6.45) is 9.58. The quantitative estimate of drug-likeness (QED) is 0.0928. The molecule has 10 nitrogen and oxygen atoms in total. The van der Waals surface area contributed by atoms with Crippen LogP contribution in [0.5, 0.6) is 0 Å². The molecule has 3 saturated heterocycles. The highest BCUT2D eigenvalue weighted by molar-refractivity contribution is 5.93. The third-order valence-corrected chi connectivity index (χ3v) is 10.8. The Morgan fingerprint density at radius 2 is 1.46 bits per heavy atom. The molecule has 0 aromatic heterocycles. The van der Waals surface area contributed by atoms with Gasteiger partial charge >= 0.3 is 0 Å². The van der Waals surface area contributed by atoms with Crippen molar-refractivity contribution < 1.29 is 24.2 Å². The molecule has 0 aliphatic carbocycles. The number of hydrogen-bond acceptors (Lipinski definition) is 8. The zero-order valence-electron chi connectivity index (χ0n) is 30.5. The van der Waals surface area contributed by atoms with E-state index >= 15 is 0 Å². The van der Waals surface area contributed by atoms with Crippen molar-refractivity contribution >= 4 is 23.2 Å². The van der Waals surface area contributed by atoms with Crippen molar-refractivity contribution in [1.29, 1.82) is 0 Å². The number of nitrogens with one attached hydrogen (secondary N) is 2. The normalized spacial score (nSPS) is 22.4. The molecule has 0 radical (unpaired) electrons. The number of para-hydroxylation sites is 2. The third-order valence-electron chi connectivity index (χ3n) is 10.8. The van der Waals surface area contributed by atoms with E-state index in [9.17, 15) is 14.7 Å². The number of aliphatic hydroxyl groups is 1. The minimum absolute atomic E-state index is 0.0221. The Morgan fingerprint density at radius 1 is 0.769 bits per heavy atom. The van der Waals surface area contributed by atoms with E-state index in [1.54, 1.807) is 12.1 Å². The van der Waals surface area contributed by atoms with Crippen molar-refractivity contribution in [3.05, 3.63) is 95.1 Å². The molecule has 0 bridgehead atoms. The van der Waals surface area contributed by atoms with E-state index in [2.05, 4.69) is 44.7 Å². The average molecular weight is 712 g/mol. The molecule has 3 heterocycles. The first kappa shape index (κ1) is 37.9. The molecule has 2 amide bonds. The number of rotatable bonds is 17. The van der Waals surface area contributed by atoms with Gasteiger partial charge in [0.15, 0.2) is 6.29 Å². The largest absolute Gasteiger partial charge is 0.397 e. The van der Waals surface area contributed by atoms with Gasteiger partial charge in [0.2, 0.25) is 11.8 Å². The van der Waals surface area contributed by atoms with Gasteiger partial charge in [-0.05, 0) is 87.0 Å². The second-order valence-electron chi connectivity index (χ2n) is 14.7. The van der Waals surface area contributed by atoms with Crippen LogP contribution in [0.15, 0.2) is 72.8 Å². The number of hydrogen-bond donors (Lipinski definition) is 4. The summed E-state index contributed by atoms with van der Waals surface area (Å²) in [5.74, 6) is -0.0110. The van der Waals surface area contributed by atoms with Gasteiger partial charge in [0, 0.05) is 50.5 Å². The molecule has 3 aromatic rings. The summed E-state index contributed by atoms with van der Waals surface area (Å²) in [5.41, 5.74) is 11.1. The fourth-order valence-corrected chi connectivity index (χ4v) is 7.73. The minimum atomic E-state index is -0.493. The summed E-state index contributed by atoms with van der Waals surface area (Å²) in [5, 5.41) is 15.5. The van der Waals surface area contributed by atoms with Crippen molar-refractivity contribution in [2.45, 2.75) is 108 Å². The lowest BCUT2D eigenvalue weighted by atomic mass is 9.99. The second kappa shape index (κ2) is 19.3. The third kappa shape index (κ3) is 11.1. The number of ether oxygens (including phenoxy) is 2. The van der Waals surface area contributed by atoms with Crippen LogP contribution in [0.25, 0.3) is 0 Å². The average Bonchev–Trinajstić information content (AvgIpc) is 3.85. The predicted molar refractivity (Wildman–Crippen MR) is 204 cm³/mol. The van der Waals surface area contributed by atoms with Crippen LogP contribution in [0, 0.1) is 0 Å². The maximum Gasteiger partial charge on any atom is 0.224 e. The van der Waals surface area contributed by atoms with E-state index in [4.69, 9.17) is 15.2 Å². The summed E-state index contributed by atoms with van der Waals surface area (Å²) >= 11 is 0. The number of nitrogens with zero attached hydrogens (tertiary/aromatic N) is 2. The van der Waals surface area contributed by atoms with E-state index in [1.165, 1.54) is 38.8 Å². The Kier molecular flexibility index (Phi) is 14.1. The standard InChI is InChI=1S/C42H57N5O5/c43-37-11-5-6-12-38(37)45-41(50)14-4-2-1-3-13-40(49)44-27-31-15-21-34(22-16-31)42-51-36(26-39(52-42)33-19-17-32(30-48)18-20-33)29-47-25-9-10-35(47)28-46-23-7-8-24-46/h5-6,11-12,15-22,35-36,39,42,48H,1-4,7-10,13-14,23-30,43H2,(H,44,49)(H,45,50)/t35-,36+,39-,42-/m0/s1. The molecule has 4 atom stereocenters. The molecule has 0 spiro atoms. The number of unbranched alkanes of at least 4 members (excludes halogenated alkanes) is 3. The van der Waals surface area contributed by atoms with E-state index in [0.717, 1.165) is 74.0 Å². The van der Waals surface area contributed by atoms with E-state index in [1.807, 2.05) is 36.4 Å². The summed E-state index contributed by atoms with van der Waals surface area (Å²) in [4.78, 5) is 30.1. The molecule has 3 aliphatic rings. The van der Waals surface area contributed by atoms with E-state index in [0.29, 0.717) is 36.8 Å². The van der Waals surface area contributed by atoms with Crippen LogP contribution in [-0.4, -0.2) is 71.6 Å². The van der Waals surface area contributed by atoms with Crippen molar-refractivity contribution in [2.24, 2.45) is 0 Å². The number of carbonyl (C=O) groups excluding carboxylic acids is 2. The Balaban J connectivity index is 0.957. The van der Waals surface area contributed by atoms with Gasteiger partial charge in [-0.1, -0.05) is 73.5 Å².